The zero-order valence-corrected chi connectivity index (χ0v) is 19.6. The van der Waals surface area contributed by atoms with Gasteiger partial charge in [0.25, 0.3) is 0 Å². The lowest BCUT2D eigenvalue weighted by atomic mass is 9.45. The van der Waals surface area contributed by atoms with Crippen LogP contribution >= 0.6 is 0 Å². The second-order valence-corrected chi connectivity index (χ2v) is 11.4. The molecule has 0 aliphatic heterocycles. The molecule has 0 radical (unpaired) electrons. The van der Waals surface area contributed by atoms with Crippen LogP contribution in [0.1, 0.15) is 90.3 Å². The minimum atomic E-state index is 0.299. The number of hydrogen-bond acceptors (Lipinski definition) is 6. The molecule has 5 rings (SSSR count). The number of hydrogen-bond donors (Lipinski definition) is 1. The van der Waals surface area contributed by atoms with Gasteiger partial charge in [-0.15, -0.1) is 0 Å². The topological polar surface area (TPSA) is 86.5 Å². The largest absolute Gasteiger partial charge is 0.395 e. The first-order valence-corrected chi connectivity index (χ1v) is 12.6. The number of nitrogens with two attached hydrogens (primary N) is 1. The summed E-state index contributed by atoms with van der Waals surface area (Å²) in [6.07, 6.45) is 12.7. The number of rotatable bonds is 5. The van der Waals surface area contributed by atoms with E-state index in [1.165, 1.54) is 50.7 Å². The standard InChI is InChI=1S/C25H40N4O2/c1-16-4-7-20-19-6-5-17-14-18(28-30-13-10-23-27-22(15-26)29-31-23)8-11-25(17,3)21(19)9-12-24(16,20)2/h16-17,19-21H,4-15,26H2,1-3H3/t16-,17?,19?,20?,21?,24+,25-/m0/s1. The van der Waals surface area contributed by atoms with Crippen molar-refractivity contribution in [3.8, 4) is 0 Å². The van der Waals surface area contributed by atoms with E-state index in [1.807, 2.05) is 0 Å². The Morgan fingerprint density at radius 2 is 1.94 bits per heavy atom. The summed E-state index contributed by atoms with van der Waals surface area (Å²) in [5.41, 5.74) is 7.89. The third-order valence-corrected chi connectivity index (χ3v) is 10.3. The maximum absolute atomic E-state index is 5.65. The van der Waals surface area contributed by atoms with Gasteiger partial charge in [-0.1, -0.05) is 31.1 Å². The molecule has 31 heavy (non-hydrogen) atoms. The molecule has 7 atom stereocenters. The van der Waals surface area contributed by atoms with E-state index in [4.69, 9.17) is 15.1 Å². The Morgan fingerprint density at radius 1 is 1.10 bits per heavy atom. The number of oxime groups is 1. The van der Waals surface area contributed by atoms with Crippen LogP contribution in [0.5, 0.6) is 0 Å². The summed E-state index contributed by atoms with van der Waals surface area (Å²) in [6, 6.07) is 0. The molecule has 6 heteroatoms. The number of aromatic nitrogens is 2. The van der Waals surface area contributed by atoms with E-state index in [2.05, 4.69) is 36.1 Å². The van der Waals surface area contributed by atoms with Crippen LogP contribution in [0.25, 0.3) is 0 Å². The molecular formula is C25H40N4O2. The van der Waals surface area contributed by atoms with Crippen molar-refractivity contribution in [2.24, 2.45) is 51.3 Å². The minimum Gasteiger partial charge on any atom is -0.395 e. The SMILES string of the molecule is C[C@H]1CCC2C3CCC4CC(=NOCCc5nc(CN)no5)CC[C@]4(C)C3CC[C@@]21C. The molecule has 0 amide bonds. The van der Waals surface area contributed by atoms with E-state index in [0.29, 0.717) is 42.1 Å². The van der Waals surface area contributed by atoms with Crippen LogP contribution in [0.2, 0.25) is 0 Å². The van der Waals surface area contributed by atoms with Crippen molar-refractivity contribution in [3.05, 3.63) is 11.7 Å². The fourth-order valence-electron chi connectivity index (χ4n) is 8.15. The summed E-state index contributed by atoms with van der Waals surface area (Å²) in [7, 11) is 0. The molecule has 1 aromatic heterocycles. The highest BCUT2D eigenvalue weighted by molar-refractivity contribution is 5.85. The van der Waals surface area contributed by atoms with E-state index >= 15 is 0 Å². The van der Waals surface area contributed by atoms with Crippen LogP contribution < -0.4 is 5.73 Å². The van der Waals surface area contributed by atoms with E-state index in [-0.39, 0.29) is 0 Å². The summed E-state index contributed by atoms with van der Waals surface area (Å²) in [5.74, 6) is 5.66. The third-order valence-electron chi connectivity index (χ3n) is 10.3. The first-order chi connectivity index (χ1) is 14.9. The van der Waals surface area contributed by atoms with Crippen molar-refractivity contribution < 1.29 is 9.36 Å². The molecule has 4 unspecified atom stereocenters. The lowest BCUT2D eigenvalue weighted by Crippen LogP contribution is -2.53. The first-order valence-electron chi connectivity index (χ1n) is 12.6. The van der Waals surface area contributed by atoms with Crippen LogP contribution in [0.3, 0.4) is 0 Å². The molecule has 1 heterocycles. The zero-order chi connectivity index (χ0) is 21.6. The summed E-state index contributed by atoms with van der Waals surface area (Å²) >= 11 is 0. The maximum atomic E-state index is 5.65. The molecule has 4 saturated carbocycles. The van der Waals surface area contributed by atoms with Gasteiger partial charge >= 0.3 is 0 Å². The van der Waals surface area contributed by atoms with Gasteiger partial charge in [-0.3, -0.25) is 0 Å². The Kier molecular flexibility index (Phi) is 5.64. The average Bonchev–Trinajstić information content (AvgIpc) is 3.35. The lowest BCUT2D eigenvalue weighted by molar-refractivity contribution is -0.0994. The summed E-state index contributed by atoms with van der Waals surface area (Å²) in [4.78, 5) is 9.87. The van der Waals surface area contributed by atoms with Crippen molar-refractivity contribution in [3.63, 3.8) is 0 Å². The Balaban J connectivity index is 1.19. The second-order valence-electron chi connectivity index (χ2n) is 11.4. The van der Waals surface area contributed by atoms with Gasteiger partial charge < -0.3 is 15.1 Å². The Morgan fingerprint density at radius 3 is 2.74 bits per heavy atom. The second kappa shape index (κ2) is 8.17. The highest BCUT2D eigenvalue weighted by Gasteiger charge is 2.59. The van der Waals surface area contributed by atoms with Crippen LogP contribution in [0, 0.1) is 40.4 Å². The molecule has 4 fully saturated rings. The number of fused-ring (bicyclic) bond motifs is 5. The highest BCUT2D eigenvalue weighted by atomic mass is 16.6. The Hall–Kier alpha value is -1.43. The predicted molar refractivity (Wildman–Crippen MR) is 120 cm³/mol. The van der Waals surface area contributed by atoms with Crippen molar-refractivity contribution in [1.82, 2.24) is 10.1 Å². The van der Waals surface area contributed by atoms with Crippen LogP contribution in [-0.4, -0.2) is 22.5 Å². The molecular weight excluding hydrogens is 388 g/mol. The van der Waals surface area contributed by atoms with Crippen molar-refractivity contribution >= 4 is 5.71 Å². The monoisotopic (exact) mass is 428 g/mol. The summed E-state index contributed by atoms with van der Waals surface area (Å²) < 4.78 is 5.16. The van der Waals surface area contributed by atoms with E-state index in [9.17, 15) is 0 Å². The van der Waals surface area contributed by atoms with E-state index < -0.39 is 0 Å². The zero-order valence-electron chi connectivity index (χ0n) is 19.6. The van der Waals surface area contributed by atoms with E-state index in [1.54, 1.807) is 0 Å². The van der Waals surface area contributed by atoms with Gasteiger partial charge in [0.05, 0.1) is 18.7 Å². The molecule has 0 bridgehead atoms. The van der Waals surface area contributed by atoms with Crippen LogP contribution in [0.4, 0.5) is 0 Å². The number of nitrogens with zero attached hydrogens (tertiary/aromatic N) is 3. The lowest BCUT2D eigenvalue weighted by Gasteiger charge is -2.60. The smallest absolute Gasteiger partial charge is 0.230 e. The quantitative estimate of drug-likeness (QED) is 0.519. The molecule has 2 N–H and O–H groups in total. The molecule has 0 saturated heterocycles. The molecule has 0 spiro atoms. The third kappa shape index (κ3) is 3.63. The Bertz CT molecular complexity index is 822. The van der Waals surface area contributed by atoms with Crippen molar-refractivity contribution in [2.45, 2.75) is 91.5 Å². The van der Waals surface area contributed by atoms with Gasteiger partial charge in [0.2, 0.25) is 5.89 Å². The van der Waals surface area contributed by atoms with Gasteiger partial charge in [0.1, 0.15) is 6.61 Å². The first kappa shape index (κ1) is 21.4. The molecule has 4 aliphatic carbocycles. The van der Waals surface area contributed by atoms with Gasteiger partial charge in [0, 0.05) is 0 Å². The van der Waals surface area contributed by atoms with E-state index in [0.717, 1.165) is 42.4 Å². The summed E-state index contributed by atoms with van der Waals surface area (Å²) in [6.45, 7) is 8.53. The average molecular weight is 429 g/mol. The van der Waals surface area contributed by atoms with Gasteiger partial charge in [0.15, 0.2) is 5.82 Å². The maximum Gasteiger partial charge on any atom is 0.230 e. The Labute approximate surface area is 186 Å². The minimum absolute atomic E-state index is 0.299. The van der Waals surface area contributed by atoms with Crippen LogP contribution in [0.15, 0.2) is 9.68 Å². The molecule has 1 aromatic rings. The van der Waals surface area contributed by atoms with Crippen LogP contribution in [-0.2, 0) is 17.8 Å². The van der Waals surface area contributed by atoms with Crippen molar-refractivity contribution in [2.75, 3.05) is 6.61 Å². The normalized spacial score (nSPS) is 43.4. The highest BCUT2D eigenvalue weighted by Crippen LogP contribution is 2.67. The fourth-order valence-corrected chi connectivity index (χ4v) is 8.15. The van der Waals surface area contributed by atoms with Gasteiger partial charge in [-0.05, 0) is 98.2 Å². The van der Waals surface area contributed by atoms with Crippen molar-refractivity contribution in [1.29, 1.82) is 0 Å². The van der Waals surface area contributed by atoms with Gasteiger partial charge in [-0.25, -0.2) is 0 Å². The molecule has 6 nitrogen and oxygen atoms in total. The molecule has 172 valence electrons. The molecule has 0 aromatic carbocycles. The summed E-state index contributed by atoms with van der Waals surface area (Å²) in [5, 5.41) is 8.34. The van der Waals surface area contributed by atoms with Gasteiger partial charge in [-0.2, -0.15) is 4.98 Å². The predicted octanol–water partition coefficient (Wildman–Crippen LogP) is 5.12. The fraction of sp³-hybridized carbons (Fsp3) is 0.880. The molecule has 4 aliphatic rings.